The Morgan fingerprint density at radius 1 is 1.23 bits per heavy atom. The number of amides is 1. The maximum atomic E-state index is 12.2. The number of carbonyl (C=O) groups excluding carboxylic acids is 1. The number of carbonyl (C=O) groups is 1. The summed E-state index contributed by atoms with van der Waals surface area (Å²) in [5, 5.41) is 10.6. The van der Waals surface area contributed by atoms with Gasteiger partial charge in [-0.1, -0.05) is 17.4 Å². The van der Waals surface area contributed by atoms with E-state index in [0.29, 0.717) is 10.4 Å². The fourth-order valence-corrected chi connectivity index (χ4v) is 4.00. The number of hydrogen-bond acceptors (Lipinski definition) is 4. The molecule has 0 bridgehead atoms. The number of non-ortho nitro benzene ring substituents is 1. The van der Waals surface area contributed by atoms with Gasteiger partial charge in [-0.05, 0) is 54.8 Å². The molecule has 0 aliphatic heterocycles. The van der Waals surface area contributed by atoms with Crippen molar-refractivity contribution in [1.29, 1.82) is 0 Å². The van der Waals surface area contributed by atoms with Gasteiger partial charge < -0.3 is 4.57 Å². The Hall–Kier alpha value is -3.06. The van der Waals surface area contributed by atoms with Gasteiger partial charge in [-0.25, -0.2) is 0 Å². The molecule has 3 rings (SSSR count). The number of benzene rings is 2. The predicted molar refractivity (Wildman–Crippen MR) is 103 cm³/mol. The number of hydrogen-bond donors (Lipinski definition) is 0. The number of fused-ring (bicyclic) bond motifs is 1. The van der Waals surface area contributed by atoms with E-state index in [1.165, 1.54) is 35.1 Å². The first-order valence-corrected chi connectivity index (χ1v) is 8.75. The molecule has 132 valence electrons. The van der Waals surface area contributed by atoms with Crippen molar-refractivity contribution >= 4 is 39.2 Å². The zero-order valence-corrected chi connectivity index (χ0v) is 15.4. The minimum Gasteiger partial charge on any atom is -0.319 e. The average molecular weight is 367 g/mol. The molecule has 0 saturated heterocycles. The van der Waals surface area contributed by atoms with Crippen molar-refractivity contribution in [3.05, 3.63) is 74.1 Å². The molecule has 0 radical (unpaired) electrons. The zero-order chi connectivity index (χ0) is 18.8. The van der Waals surface area contributed by atoms with Gasteiger partial charge in [0.2, 0.25) is 0 Å². The molecule has 2 aromatic carbocycles. The summed E-state index contributed by atoms with van der Waals surface area (Å²) in [4.78, 5) is 27.2. The molecule has 1 amide bonds. The molecule has 3 aromatic rings. The summed E-state index contributed by atoms with van der Waals surface area (Å²) in [6, 6.07) is 10.2. The fraction of sp³-hybridized carbons (Fsp3) is 0.158. The highest BCUT2D eigenvalue weighted by atomic mass is 32.1. The van der Waals surface area contributed by atoms with E-state index in [0.717, 1.165) is 15.8 Å². The highest BCUT2D eigenvalue weighted by Crippen LogP contribution is 2.22. The van der Waals surface area contributed by atoms with Crippen LogP contribution in [-0.4, -0.2) is 15.4 Å². The molecule has 0 saturated carbocycles. The molecule has 0 fully saturated rings. The van der Waals surface area contributed by atoms with Gasteiger partial charge in [0, 0.05) is 25.3 Å². The van der Waals surface area contributed by atoms with E-state index in [1.54, 1.807) is 18.2 Å². The highest BCUT2D eigenvalue weighted by Gasteiger charge is 2.07. The Morgan fingerprint density at radius 2 is 1.92 bits per heavy atom. The van der Waals surface area contributed by atoms with Crippen LogP contribution in [0, 0.1) is 24.0 Å². The topological polar surface area (TPSA) is 77.5 Å². The fourth-order valence-electron chi connectivity index (χ4n) is 2.80. The molecule has 1 heterocycles. The SMILES string of the molecule is Cc1cc(C)c2c(c1)sc(=NC(=O)/C=C/c1ccc([N+](=O)[O-])cc1)n2C. The van der Waals surface area contributed by atoms with E-state index in [-0.39, 0.29) is 11.6 Å². The van der Waals surface area contributed by atoms with Crippen LogP contribution in [0.4, 0.5) is 5.69 Å². The summed E-state index contributed by atoms with van der Waals surface area (Å²) in [5.74, 6) is -0.375. The first kappa shape index (κ1) is 17.8. The summed E-state index contributed by atoms with van der Waals surface area (Å²) >= 11 is 1.47. The van der Waals surface area contributed by atoms with Crippen LogP contribution < -0.4 is 4.80 Å². The maximum Gasteiger partial charge on any atom is 0.272 e. The van der Waals surface area contributed by atoms with Crippen LogP contribution in [0.1, 0.15) is 16.7 Å². The van der Waals surface area contributed by atoms with Crippen molar-refractivity contribution in [3.8, 4) is 0 Å². The molecule has 0 N–H and O–H groups in total. The molecule has 0 spiro atoms. The lowest BCUT2D eigenvalue weighted by molar-refractivity contribution is -0.384. The van der Waals surface area contributed by atoms with Crippen LogP contribution in [0.2, 0.25) is 0 Å². The second-order valence-corrected chi connectivity index (χ2v) is 7.01. The van der Waals surface area contributed by atoms with E-state index in [1.807, 2.05) is 25.5 Å². The largest absolute Gasteiger partial charge is 0.319 e. The van der Waals surface area contributed by atoms with Gasteiger partial charge in [-0.15, -0.1) is 0 Å². The molecule has 0 atom stereocenters. The van der Waals surface area contributed by atoms with Crippen LogP contribution in [0.15, 0.2) is 47.5 Å². The van der Waals surface area contributed by atoms with Crippen molar-refractivity contribution in [1.82, 2.24) is 4.57 Å². The molecule has 0 aliphatic carbocycles. The summed E-state index contributed by atoms with van der Waals surface area (Å²) in [7, 11) is 1.90. The minimum atomic E-state index is -0.459. The van der Waals surface area contributed by atoms with Crippen LogP contribution in [-0.2, 0) is 11.8 Å². The van der Waals surface area contributed by atoms with E-state index >= 15 is 0 Å². The average Bonchev–Trinajstić information content (AvgIpc) is 2.89. The van der Waals surface area contributed by atoms with E-state index < -0.39 is 4.92 Å². The van der Waals surface area contributed by atoms with E-state index in [4.69, 9.17) is 0 Å². The lowest BCUT2D eigenvalue weighted by Gasteiger charge is -2.01. The van der Waals surface area contributed by atoms with Crippen molar-refractivity contribution in [2.24, 2.45) is 12.0 Å². The van der Waals surface area contributed by atoms with Gasteiger partial charge in [-0.2, -0.15) is 4.99 Å². The van der Waals surface area contributed by atoms with Crippen molar-refractivity contribution in [3.63, 3.8) is 0 Å². The van der Waals surface area contributed by atoms with Crippen molar-refractivity contribution < 1.29 is 9.72 Å². The van der Waals surface area contributed by atoms with E-state index in [2.05, 4.69) is 17.1 Å². The van der Waals surface area contributed by atoms with Gasteiger partial charge in [0.1, 0.15) is 0 Å². The first-order chi connectivity index (χ1) is 12.3. The van der Waals surface area contributed by atoms with Crippen LogP contribution in [0.3, 0.4) is 0 Å². The quantitative estimate of drug-likeness (QED) is 0.400. The summed E-state index contributed by atoms with van der Waals surface area (Å²) in [6.07, 6.45) is 2.96. The molecule has 6 nitrogen and oxygen atoms in total. The maximum absolute atomic E-state index is 12.2. The number of nitro groups is 1. The highest BCUT2D eigenvalue weighted by molar-refractivity contribution is 7.16. The molecule has 26 heavy (non-hydrogen) atoms. The van der Waals surface area contributed by atoms with Gasteiger partial charge in [0.25, 0.3) is 11.6 Å². The molecular weight excluding hydrogens is 350 g/mol. The van der Waals surface area contributed by atoms with E-state index in [9.17, 15) is 14.9 Å². The Bertz CT molecular complexity index is 1110. The smallest absolute Gasteiger partial charge is 0.272 e. The lowest BCUT2D eigenvalue weighted by Crippen LogP contribution is -2.12. The van der Waals surface area contributed by atoms with Crippen LogP contribution >= 0.6 is 11.3 Å². The number of nitro benzene ring substituents is 1. The zero-order valence-electron chi connectivity index (χ0n) is 14.6. The van der Waals surface area contributed by atoms with Crippen LogP contribution in [0.25, 0.3) is 16.3 Å². The Balaban J connectivity index is 1.89. The van der Waals surface area contributed by atoms with Crippen molar-refractivity contribution in [2.45, 2.75) is 13.8 Å². The Morgan fingerprint density at radius 3 is 2.58 bits per heavy atom. The Labute approximate surface area is 153 Å². The first-order valence-electron chi connectivity index (χ1n) is 7.93. The summed E-state index contributed by atoms with van der Waals surface area (Å²) in [6.45, 7) is 4.09. The second-order valence-electron chi connectivity index (χ2n) is 6.00. The number of rotatable bonds is 3. The number of aromatic nitrogens is 1. The van der Waals surface area contributed by atoms with Gasteiger partial charge >= 0.3 is 0 Å². The third-order valence-electron chi connectivity index (χ3n) is 3.96. The standard InChI is InChI=1S/C19H17N3O3S/c1-12-10-13(2)18-16(11-12)26-19(21(18)3)20-17(23)9-6-14-4-7-15(8-5-14)22(24)25/h4-11H,1-3H3/b9-6+,20-19?. The molecule has 0 aliphatic rings. The lowest BCUT2D eigenvalue weighted by atomic mass is 10.1. The van der Waals surface area contributed by atoms with Gasteiger partial charge in [0.05, 0.1) is 15.1 Å². The van der Waals surface area contributed by atoms with Crippen molar-refractivity contribution in [2.75, 3.05) is 0 Å². The Kier molecular flexibility index (Phi) is 4.81. The molecule has 0 unspecified atom stereocenters. The molecule has 7 heteroatoms. The summed E-state index contributed by atoms with van der Waals surface area (Å²) < 4.78 is 3.02. The third kappa shape index (κ3) is 3.62. The minimum absolute atomic E-state index is 0.0149. The molecule has 1 aromatic heterocycles. The van der Waals surface area contributed by atoms with Gasteiger partial charge in [-0.3, -0.25) is 14.9 Å². The van der Waals surface area contributed by atoms with Crippen LogP contribution in [0.5, 0.6) is 0 Å². The molecular formula is C19H17N3O3S. The summed E-state index contributed by atoms with van der Waals surface area (Å²) in [5.41, 5.74) is 4.11. The monoisotopic (exact) mass is 367 g/mol. The number of thiazole rings is 1. The number of nitrogens with zero attached hydrogens (tertiary/aromatic N) is 3. The third-order valence-corrected chi connectivity index (χ3v) is 5.04. The second kappa shape index (κ2) is 7.05. The number of aryl methyl sites for hydroxylation is 3. The normalized spacial score (nSPS) is 12.2. The van der Waals surface area contributed by atoms with Gasteiger partial charge in [0.15, 0.2) is 4.80 Å². The predicted octanol–water partition coefficient (Wildman–Crippen LogP) is 3.91.